The summed E-state index contributed by atoms with van der Waals surface area (Å²) in [4.78, 5) is 7.18. The molecule has 0 bridgehead atoms. The van der Waals surface area contributed by atoms with Crippen LogP contribution in [0.4, 0.5) is 0 Å². The van der Waals surface area contributed by atoms with Gasteiger partial charge in [0.2, 0.25) is 0 Å². The number of nitrogens with one attached hydrogen (secondary N) is 2. The van der Waals surface area contributed by atoms with Gasteiger partial charge in [-0.3, -0.25) is 4.99 Å². The normalized spacial score (nSPS) is 20.4. The number of piperidine rings is 1. The van der Waals surface area contributed by atoms with Crippen molar-refractivity contribution in [1.82, 2.24) is 15.5 Å². The van der Waals surface area contributed by atoms with Crippen molar-refractivity contribution < 1.29 is 8.42 Å². The molecule has 3 rings (SSSR count). The Morgan fingerprint density at radius 2 is 1.90 bits per heavy atom. The molecule has 1 aliphatic carbocycles. The van der Waals surface area contributed by atoms with Crippen LogP contribution in [0.2, 0.25) is 0 Å². The third kappa shape index (κ3) is 7.63. The molecule has 0 atom stereocenters. The molecule has 2 fully saturated rings. The van der Waals surface area contributed by atoms with E-state index in [4.69, 9.17) is 4.99 Å². The largest absolute Gasteiger partial charge is 0.357 e. The lowest BCUT2D eigenvalue weighted by Crippen LogP contribution is -2.49. The van der Waals surface area contributed by atoms with Crippen LogP contribution in [0.3, 0.4) is 0 Å². The number of guanidine groups is 1. The van der Waals surface area contributed by atoms with Crippen molar-refractivity contribution in [1.29, 1.82) is 0 Å². The predicted molar refractivity (Wildman–Crippen MR) is 120 cm³/mol. The molecule has 6 nitrogen and oxygen atoms in total. The second-order valence-corrected chi connectivity index (χ2v) is 11.0. The summed E-state index contributed by atoms with van der Waals surface area (Å²) in [5, 5.41) is 7.00. The van der Waals surface area contributed by atoms with Crippen LogP contribution in [0.5, 0.6) is 0 Å². The Balaban J connectivity index is 1.47. The average Bonchev–Trinajstić information content (AvgIpc) is 3.45. The zero-order valence-corrected chi connectivity index (χ0v) is 18.7. The maximum Gasteiger partial charge on any atom is 0.191 e. The number of likely N-dealkylation sites (tertiary alicyclic amines) is 1. The minimum absolute atomic E-state index is 0.249. The molecule has 29 heavy (non-hydrogen) atoms. The molecule has 1 heterocycles. The maximum atomic E-state index is 11.4. The molecule has 162 valence electrons. The van der Waals surface area contributed by atoms with E-state index < -0.39 is 9.84 Å². The van der Waals surface area contributed by atoms with Gasteiger partial charge in [0.1, 0.15) is 9.84 Å². The SMILES string of the molecule is CCNC(=NCC1(Cc2ccccc2)CC1)NC1CCN(CCS(C)(=O)=O)CC1. The van der Waals surface area contributed by atoms with Crippen molar-refractivity contribution in [2.45, 2.75) is 45.1 Å². The van der Waals surface area contributed by atoms with E-state index in [0.717, 1.165) is 51.4 Å². The maximum absolute atomic E-state index is 11.4. The Morgan fingerprint density at radius 1 is 1.21 bits per heavy atom. The van der Waals surface area contributed by atoms with E-state index in [1.807, 2.05) is 0 Å². The van der Waals surface area contributed by atoms with Gasteiger partial charge in [-0.05, 0) is 50.0 Å². The van der Waals surface area contributed by atoms with Crippen molar-refractivity contribution in [3.8, 4) is 0 Å². The number of aliphatic imine (C=N–C) groups is 1. The van der Waals surface area contributed by atoms with Crippen LogP contribution in [0.15, 0.2) is 35.3 Å². The van der Waals surface area contributed by atoms with E-state index in [0.29, 0.717) is 18.0 Å². The molecule has 1 saturated heterocycles. The third-order valence-electron chi connectivity index (χ3n) is 6.00. The molecule has 2 N–H and O–H groups in total. The molecule has 0 amide bonds. The molecule has 1 aromatic carbocycles. The molecular formula is C22H36N4O2S. The molecule has 2 aliphatic rings. The van der Waals surface area contributed by atoms with Gasteiger partial charge >= 0.3 is 0 Å². The van der Waals surface area contributed by atoms with Gasteiger partial charge in [-0.1, -0.05) is 30.3 Å². The Kier molecular flexibility index (Phi) is 7.57. The lowest BCUT2D eigenvalue weighted by molar-refractivity contribution is 0.216. The first kappa shape index (κ1) is 22.1. The summed E-state index contributed by atoms with van der Waals surface area (Å²) in [5.41, 5.74) is 1.73. The molecule has 0 spiro atoms. The van der Waals surface area contributed by atoms with E-state index in [1.165, 1.54) is 24.7 Å². The number of sulfone groups is 1. The van der Waals surface area contributed by atoms with E-state index in [-0.39, 0.29) is 5.75 Å². The summed E-state index contributed by atoms with van der Waals surface area (Å²) < 4.78 is 22.7. The van der Waals surface area contributed by atoms with E-state index >= 15 is 0 Å². The van der Waals surface area contributed by atoms with Gasteiger partial charge in [-0.15, -0.1) is 0 Å². The van der Waals surface area contributed by atoms with Gasteiger partial charge in [-0.2, -0.15) is 0 Å². The van der Waals surface area contributed by atoms with E-state index in [9.17, 15) is 8.42 Å². The quantitative estimate of drug-likeness (QED) is 0.473. The molecular weight excluding hydrogens is 384 g/mol. The highest BCUT2D eigenvalue weighted by atomic mass is 32.2. The second kappa shape index (κ2) is 9.94. The number of nitrogens with zero attached hydrogens (tertiary/aromatic N) is 2. The summed E-state index contributed by atoms with van der Waals surface area (Å²) in [7, 11) is -2.89. The van der Waals surface area contributed by atoms with Crippen molar-refractivity contribution >= 4 is 15.8 Å². The highest BCUT2D eigenvalue weighted by Crippen LogP contribution is 2.48. The molecule has 0 radical (unpaired) electrons. The Morgan fingerprint density at radius 3 is 2.48 bits per heavy atom. The summed E-state index contributed by atoms with van der Waals surface area (Å²) in [5.74, 6) is 1.17. The zero-order valence-electron chi connectivity index (χ0n) is 17.9. The molecule has 1 saturated carbocycles. The predicted octanol–water partition coefficient (Wildman–Crippen LogP) is 2.07. The van der Waals surface area contributed by atoms with Crippen molar-refractivity contribution in [2.24, 2.45) is 10.4 Å². The fourth-order valence-corrected chi connectivity index (χ4v) is 4.54. The summed E-state index contributed by atoms with van der Waals surface area (Å²) >= 11 is 0. The number of benzene rings is 1. The molecule has 1 aliphatic heterocycles. The first-order valence-electron chi connectivity index (χ1n) is 10.9. The number of hydrogen-bond acceptors (Lipinski definition) is 4. The Hall–Kier alpha value is -1.60. The molecule has 1 aromatic rings. The minimum Gasteiger partial charge on any atom is -0.357 e. The van der Waals surface area contributed by atoms with Crippen LogP contribution < -0.4 is 10.6 Å². The first-order valence-corrected chi connectivity index (χ1v) is 12.9. The Labute approximate surface area is 176 Å². The second-order valence-electron chi connectivity index (χ2n) is 8.75. The van der Waals surface area contributed by atoms with Crippen LogP contribution in [-0.2, 0) is 16.3 Å². The van der Waals surface area contributed by atoms with Crippen LogP contribution >= 0.6 is 0 Å². The zero-order chi connectivity index (χ0) is 20.7. The monoisotopic (exact) mass is 420 g/mol. The van der Waals surface area contributed by atoms with Crippen LogP contribution in [0.1, 0.15) is 38.2 Å². The fraction of sp³-hybridized carbons (Fsp3) is 0.682. The average molecular weight is 421 g/mol. The highest BCUT2D eigenvalue weighted by molar-refractivity contribution is 7.90. The van der Waals surface area contributed by atoms with Gasteiger partial charge < -0.3 is 15.5 Å². The third-order valence-corrected chi connectivity index (χ3v) is 6.93. The molecule has 0 aromatic heterocycles. The molecule has 0 unspecified atom stereocenters. The van der Waals surface area contributed by atoms with E-state index in [1.54, 1.807) is 0 Å². The first-order chi connectivity index (χ1) is 13.9. The van der Waals surface area contributed by atoms with Gasteiger partial charge in [0, 0.05) is 45.0 Å². The van der Waals surface area contributed by atoms with Gasteiger partial charge in [0.25, 0.3) is 0 Å². The van der Waals surface area contributed by atoms with Crippen molar-refractivity contribution in [3.05, 3.63) is 35.9 Å². The fourth-order valence-electron chi connectivity index (χ4n) is 3.95. The van der Waals surface area contributed by atoms with Crippen LogP contribution in [0.25, 0.3) is 0 Å². The summed E-state index contributed by atoms with van der Waals surface area (Å²) in [6, 6.07) is 11.1. The topological polar surface area (TPSA) is 73.8 Å². The van der Waals surface area contributed by atoms with Gasteiger partial charge in [0.05, 0.1) is 5.75 Å². The highest BCUT2D eigenvalue weighted by Gasteiger charge is 2.42. The van der Waals surface area contributed by atoms with Crippen LogP contribution in [0, 0.1) is 5.41 Å². The smallest absolute Gasteiger partial charge is 0.191 e. The summed E-state index contributed by atoms with van der Waals surface area (Å²) in [6.45, 7) is 6.33. The number of rotatable bonds is 9. The number of hydrogen-bond donors (Lipinski definition) is 2. The van der Waals surface area contributed by atoms with E-state index in [2.05, 4.69) is 52.8 Å². The lowest BCUT2D eigenvalue weighted by atomic mass is 9.97. The lowest BCUT2D eigenvalue weighted by Gasteiger charge is -2.33. The standard InChI is InChI=1S/C22H36N4O2S/c1-3-23-21(24-18-22(11-12-22)17-19-7-5-4-6-8-19)25-20-9-13-26(14-10-20)15-16-29(2,27)28/h4-8,20H,3,9-18H2,1-2H3,(H2,23,24,25). The minimum atomic E-state index is -2.89. The Bertz CT molecular complexity index is 767. The molecule has 7 heteroatoms. The van der Waals surface area contributed by atoms with Gasteiger partial charge in [0.15, 0.2) is 5.96 Å². The van der Waals surface area contributed by atoms with Crippen molar-refractivity contribution in [3.63, 3.8) is 0 Å². The van der Waals surface area contributed by atoms with Crippen molar-refractivity contribution in [2.75, 3.05) is 44.7 Å². The summed E-state index contributed by atoms with van der Waals surface area (Å²) in [6.07, 6.45) is 6.96. The van der Waals surface area contributed by atoms with Crippen LogP contribution in [-0.4, -0.2) is 70.1 Å². The van der Waals surface area contributed by atoms with Gasteiger partial charge in [-0.25, -0.2) is 8.42 Å².